The van der Waals surface area contributed by atoms with Gasteiger partial charge in [-0.05, 0) is 22.3 Å². The van der Waals surface area contributed by atoms with E-state index < -0.39 is 132 Å². The van der Waals surface area contributed by atoms with Gasteiger partial charge in [-0.3, -0.25) is 24.0 Å². The fourth-order valence-corrected chi connectivity index (χ4v) is 6.68. The van der Waals surface area contributed by atoms with Crippen LogP contribution in [0.4, 0.5) is 26.7 Å². The highest BCUT2D eigenvalue weighted by molar-refractivity contribution is 5.89. The van der Waals surface area contributed by atoms with E-state index >= 15 is 0 Å². The van der Waals surface area contributed by atoms with Gasteiger partial charge in [0.1, 0.15) is 31.4 Å². The molecule has 2 aliphatic rings. The minimum atomic E-state index is -2.56. The summed E-state index contributed by atoms with van der Waals surface area (Å²) in [7, 11) is 0. The maximum Gasteiger partial charge on any atom is 0.407 e. The summed E-state index contributed by atoms with van der Waals surface area (Å²) in [4.78, 5) is 88.6. The highest BCUT2D eigenvalue weighted by Gasteiger charge is 2.51. The van der Waals surface area contributed by atoms with Crippen molar-refractivity contribution in [2.45, 2.75) is 76.7 Å². The van der Waals surface area contributed by atoms with Gasteiger partial charge in [-0.1, -0.05) is 48.5 Å². The largest absolute Gasteiger partial charge is 0.463 e. The zero-order chi connectivity index (χ0) is 44.0. The maximum atomic E-state index is 14.6. The van der Waals surface area contributed by atoms with E-state index in [4.69, 9.17) is 23.7 Å². The lowest BCUT2D eigenvalue weighted by Gasteiger charge is -2.45. The van der Waals surface area contributed by atoms with Gasteiger partial charge < -0.3 is 44.4 Å². The van der Waals surface area contributed by atoms with Gasteiger partial charge in [0.15, 0.2) is 18.4 Å². The van der Waals surface area contributed by atoms with E-state index in [1.807, 2.05) is 29.6 Å². The van der Waals surface area contributed by atoms with Crippen LogP contribution in [0.5, 0.6) is 5.75 Å². The number of hydrogen-bond acceptors (Lipinski definition) is 13. The Morgan fingerprint density at radius 1 is 0.667 bits per heavy atom. The van der Waals surface area contributed by atoms with Gasteiger partial charge in [0.25, 0.3) is 0 Å². The van der Waals surface area contributed by atoms with Crippen molar-refractivity contribution in [2.24, 2.45) is 0 Å². The van der Waals surface area contributed by atoms with Crippen molar-refractivity contribution in [3.63, 3.8) is 0 Å². The van der Waals surface area contributed by atoms with Crippen LogP contribution in [0.15, 0.2) is 48.5 Å². The van der Waals surface area contributed by atoms with Crippen LogP contribution in [0.1, 0.15) is 51.2 Å². The summed E-state index contributed by atoms with van der Waals surface area (Å²) in [5.41, 5.74) is 3.28. The third kappa shape index (κ3) is 10.1. The maximum absolute atomic E-state index is 14.6. The molecule has 3 amide bonds. The average molecular weight is 850 g/mol. The predicted molar refractivity (Wildman–Crippen MR) is 191 cm³/mol. The number of carbonyl (C=O) groups is 7. The minimum Gasteiger partial charge on any atom is -0.463 e. The van der Waals surface area contributed by atoms with Crippen molar-refractivity contribution in [3.8, 4) is 16.9 Å². The van der Waals surface area contributed by atoms with Crippen LogP contribution in [0.25, 0.3) is 11.1 Å². The van der Waals surface area contributed by atoms with E-state index in [9.17, 15) is 55.5 Å². The molecular formula is C39H36F5N3O13. The molecule has 0 saturated carbocycles. The van der Waals surface area contributed by atoms with E-state index in [2.05, 4.69) is 15.4 Å². The van der Waals surface area contributed by atoms with Crippen molar-refractivity contribution in [1.29, 1.82) is 0 Å². The molecule has 1 saturated heterocycles. The molecule has 0 spiro atoms. The smallest absolute Gasteiger partial charge is 0.407 e. The van der Waals surface area contributed by atoms with Gasteiger partial charge in [-0.2, -0.15) is 8.78 Å². The molecule has 1 aliphatic heterocycles. The molecule has 5 rings (SSSR count). The Morgan fingerprint density at radius 2 is 1.20 bits per heavy atom. The molecule has 1 aliphatic carbocycles. The normalized spacial score (nSPS) is 19.7. The molecule has 6 atom stereocenters. The first kappa shape index (κ1) is 44.5. The molecule has 1 heterocycles. The lowest BCUT2D eigenvalue weighted by Crippen LogP contribution is -2.69. The molecule has 3 aromatic rings. The van der Waals surface area contributed by atoms with E-state index in [0.29, 0.717) is 0 Å². The molecule has 0 radical (unpaired) electrons. The van der Waals surface area contributed by atoms with Crippen LogP contribution in [0.3, 0.4) is 0 Å². The number of esters is 4. The molecule has 3 N–H and O–H groups in total. The molecule has 0 bridgehead atoms. The summed E-state index contributed by atoms with van der Waals surface area (Å²) in [5, 5.41) is 6.67. The monoisotopic (exact) mass is 849 g/mol. The number of halogens is 5. The van der Waals surface area contributed by atoms with Crippen LogP contribution in [0, 0.1) is 29.1 Å². The number of fused-ring (bicyclic) bond motifs is 3. The third-order valence-corrected chi connectivity index (χ3v) is 9.10. The van der Waals surface area contributed by atoms with Crippen LogP contribution >= 0.6 is 0 Å². The molecule has 320 valence electrons. The fraction of sp³-hybridized carbons (Fsp3) is 0.359. The summed E-state index contributed by atoms with van der Waals surface area (Å²) in [6.45, 7) is 3.01. The number of nitrogens with one attached hydrogen (secondary N) is 3. The standard InChI is InChI=1S/C39H36F5N3O13/c1-16(48)45-33-36(58-19(4)51)34(57-18(3)50)26(15-55-17(2)49)59-37(33)47-27(52)13-25(38(53)60-35-31(43)29(41)28(40)30(42)32(35)44)46-39(54)56-14-24-22-11-7-5-9-20(22)21-10-6-8-12-23(21)24/h5-12,24-26,33-34,36-37H,13-15H2,1-4H3,(H,45,48)(H,46,54)(H,47,52)/t25-,26+,33+,34+,36+,37+/m0/s1. The Labute approximate surface area is 336 Å². The van der Waals surface area contributed by atoms with E-state index in [0.717, 1.165) is 49.9 Å². The number of amides is 3. The predicted octanol–water partition coefficient (Wildman–Crippen LogP) is 3.36. The van der Waals surface area contributed by atoms with Crippen LogP contribution in [0.2, 0.25) is 0 Å². The summed E-state index contributed by atoms with van der Waals surface area (Å²) >= 11 is 0. The van der Waals surface area contributed by atoms with Crippen molar-refractivity contribution in [3.05, 3.63) is 88.7 Å². The second-order valence-corrected chi connectivity index (χ2v) is 13.4. The van der Waals surface area contributed by atoms with Gasteiger partial charge in [-0.15, -0.1) is 0 Å². The van der Waals surface area contributed by atoms with Crippen molar-refractivity contribution in [2.75, 3.05) is 13.2 Å². The second kappa shape index (κ2) is 19.0. The fourth-order valence-electron chi connectivity index (χ4n) is 6.68. The highest BCUT2D eigenvalue weighted by atomic mass is 19.2. The molecule has 21 heteroatoms. The molecule has 0 aromatic heterocycles. The van der Waals surface area contributed by atoms with Gasteiger partial charge in [-0.25, -0.2) is 22.8 Å². The summed E-state index contributed by atoms with van der Waals surface area (Å²) < 4.78 is 102. The number of alkyl carbamates (subject to hydrolysis) is 1. The van der Waals surface area contributed by atoms with Crippen LogP contribution in [-0.4, -0.2) is 91.6 Å². The van der Waals surface area contributed by atoms with E-state index in [1.54, 1.807) is 24.3 Å². The zero-order valence-corrected chi connectivity index (χ0v) is 32.0. The lowest BCUT2D eigenvalue weighted by molar-refractivity contribution is -0.228. The van der Waals surface area contributed by atoms with Crippen molar-refractivity contribution < 1.29 is 83.9 Å². The van der Waals surface area contributed by atoms with Gasteiger partial charge >= 0.3 is 30.0 Å². The van der Waals surface area contributed by atoms with Crippen LogP contribution < -0.4 is 20.7 Å². The Bertz CT molecular complexity index is 2130. The molecule has 0 unspecified atom stereocenters. The number of hydrogen-bond donors (Lipinski definition) is 3. The Balaban J connectivity index is 1.42. The number of rotatable bonds is 13. The van der Waals surface area contributed by atoms with Crippen LogP contribution in [-0.2, 0) is 52.5 Å². The van der Waals surface area contributed by atoms with E-state index in [-0.39, 0.29) is 6.61 Å². The lowest BCUT2D eigenvalue weighted by atomic mass is 9.95. The second-order valence-electron chi connectivity index (χ2n) is 13.4. The Kier molecular flexibility index (Phi) is 14.0. The first-order chi connectivity index (χ1) is 28.4. The Morgan fingerprint density at radius 3 is 1.73 bits per heavy atom. The average Bonchev–Trinajstić information content (AvgIpc) is 3.51. The molecule has 16 nitrogen and oxygen atoms in total. The molecule has 1 fully saturated rings. The molecule has 3 aromatic carbocycles. The number of carbonyl (C=O) groups excluding carboxylic acids is 7. The van der Waals surface area contributed by atoms with E-state index in [1.165, 1.54) is 0 Å². The summed E-state index contributed by atoms with van der Waals surface area (Å²) in [5.74, 6) is -21.9. The first-order valence-corrected chi connectivity index (χ1v) is 17.9. The van der Waals surface area contributed by atoms with Crippen molar-refractivity contribution >= 4 is 41.8 Å². The third-order valence-electron chi connectivity index (χ3n) is 9.10. The molecule has 60 heavy (non-hydrogen) atoms. The quantitative estimate of drug-likeness (QED) is 0.0564. The summed E-state index contributed by atoms with van der Waals surface area (Å²) in [6.07, 6.45) is -9.09. The first-order valence-electron chi connectivity index (χ1n) is 17.9. The number of ether oxygens (including phenoxy) is 6. The topological polar surface area (TPSA) is 211 Å². The van der Waals surface area contributed by atoms with Crippen molar-refractivity contribution in [1.82, 2.24) is 16.0 Å². The minimum absolute atomic E-state index is 0.343. The van der Waals surface area contributed by atoms with Gasteiger partial charge in [0.05, 0.1) is 6.42 Å². The SMILES string of the molecule is CC(=O)N[C@@H]1[C@@H](OC(C)=O)[C@H](OC(C)=O)[C@@H](COC(C)=O)O[C@H]1NC(=O)C[C@H](NC(=O)OCC1c2ccccc2-c2ccccc21)C(=O)Oc1c(F)c(F)c(F)c(F)c1F. The van der Waals surface area contributed by atoms with Gasteiger partial charge in [0.2, 0.25) is 46.6 Å². The molecular weight excluding hydrogens is 813 g/mol. The summed E-state index contributed by atoms with van der Waals surface area (Å²) in [6, 6.07) is 10.6. The Hall–Kier alpha value is -6.64. The highest BCUT2D eigenvalue weighted by Crippen LogP contribution is 2.44. The van der Waals surface area contributed by atoms with Gasteiger partial charge in [0, 0.05) is 33.6 Å². The zero-order valence-electron chi connectivity index (χ0n) is 32.0. The number of benzene rings is 3.